The average molecular weight is 380 g/mol. The fourth-order valence-corrected chi connectivity index (χ4v) is 2.65. The summed E-state index contributed by atoms with van der Waals surface area (Å²) >= 11 is 0. The minimum Gasteiger partial charge on any atom is -0.507 e. The number of hydrogen-bond donors (Lipinski definition) is 2. The second-order valence-corrected chi connectivity index (χ2v) is 5.31. The third-order valence-electron chi connectivity index (χ3n) is 3.88. The predicted octanol–water partition coefficient (Wildman–Crippen LogP) is 2.91. The molecular formula is C19H18O8. The van der Waals surface area contributed by atoms with Crippen LogP contribution in [0.4, 0.5) is 0 Å². The van der Waals surface area contributed by atoms with Gasteiger partial charge in [-0.05, 0) is 18.2 Å². The van der Waals surface area contributed by atoms with Crippen molar-refractivity contribution >= 4 is 11.0 Å². The zero-order chi connectivity index (χ0) is 24.7. The van der Waals surface area contributed by atoms with Crippen LogP contribution in [0.5, 0.6) is 34.5 Å². The van der Waals surface area contributed by atoms with E-state index in [-0.39, 0.29) is 28.6 Å². The summed E-state index contributed by atoms with van der Waals surface area (Å²) in [6.45, 7) is 0. The maximum Gasteiger partial charge on any atom is 0.239 e. The van der Waals surface area contributed by atoms with Gasteiger partial charge in [-0.1, -0.05) is 0 Å². The van der Waals surface area contributed by atoms with Gasteiger partial charge >= 0.3 is 0 Å². The topological polar surface area (TPSA) is 108 Å². The van der Waals surface area contributed by atoms with E-state index in [1.54, 1.807) is 0 Å². The van der Waals surface area contributed by atoms with Crippen LogP contribution in [-0.2, 0) is 0 Å². The van der Waals surface area contributed by atoms with Crippen LogP contribution in [0.25, 0.3) is 22.3 Å². The third kappa shape index (κ3) is 2.84. The van der Waals surface area contributed by atoms with Crippen molar-refractivity contribution in [2.24, 2.45) is 0 Å². The summed E-state index contributed by atoms with van der Waals surface area (Å²) < 4.78 is 69.8. The second-order valence-electron chi connectivity index (χ2n) is 5.31. The Hall–Kier alpha value is -3.55. The molecular weight excluding hydrogens is 356 g/mol. The molecule has 0 radical (unpaired) electrons. The Bertz CT molecular complexity index is 1260. The number of fused-ring (bicyclic) bond motifs is 1. The number of aromatic hydroxyl groups is 2. The molecule has 0 saturated carbocycles. The van der Waals surface area contributed by atoms with Crippen LogP contribution < -0.4 is 24.4 Å². The number of rotatable bonds is 5. The largest absolute Gasteiger partial charge is 0.507 e. The Kier molecular flexibility index (Phi) is 3.09. The Morgan fingerprint density at radius 3 is 2.37 bits per heavy atom. The zero-order valence-corrected chi connectivity index (χ0v) is 14.2. The molecule has 0 aliphatic rings. The molecule has 0 spiro atoms. The molecule has 0 aliphatic carbocycles. The molecule has 1 heterocycles. The summed E-state index contributed by atoms with van der Waals surface area (Å²) in [5.74, 6) is -2.99. The molecule has 8 nitrogen and oxygen atoms in total. The number of phenolic OH excluding ortho intramolecular Hbond substituents is 2. The van der Waals surface area contributed by atoms with E-state index in [9.17, 15) is 15.0 Å². The van der Waals surface area contributed by atoms with E-state index < -0.39 is 47.7 Å². The molecule has 0 amide bonds. The molecule has 1 aromatic heterocycles. The lowest BCUT2D eigenvalue weighted by Crippen LogP contribution is -2.09. The summed E-state index contributed by atoms with van der Waals surface area (Å²) in [6, 6.07) is 4.66. The number of phenols is 2. The lowest BCUT2D eigenvalue weighted by Gasteiger charge is -2.14. The van der Waals surface area contributed by atoms with Crippen molar-refractivity contribution in [3.63, 3.8) is 0 Å². The molecule has 142 valence electrons. The maximum atomic E-state index is 13.1. The van der Waals surface area contributed by atoms with E-state index in [2.05, 4.69) is 0 Å². The van der Waals surface area contributed by atoms with Crippen molar-refractivity contribution in [2.45, 2.75) is 0 Å². The fraction of sp³-hybridized carbons (Fsp3) is 0.211. The van der Waals surface area contributed by atoms with Crippen LogP contribution in [0.2, 0.25) is 0 Å². The normalized spacial score (nSPS) is 14.9. The average Bonchev–Trinajstić information content (AvgIpc) is 2.68. The lowest BCUT2D eigenvalue weighted by atomic mass is 10.1. The molecule has 3 aromatic rings. The molecule has 0 aliphatic heterocycles. The zero-order valence-electron chi connectivity index (χ0n) is 20.2. The molecule has 0 atom stereocenters. The van der Waals surface area contributed by atoms with E-state index in [1.165, 1.54) is 32.4 Å². The van der Waals surface area contributed by atoms with Crippen LogP contribution in [0.3, 0.4) is 0 Å². The van der Waals surface area contributed by atoms with Gasteiger partial charge in [-0.25, -0.2) is 0 Å². The van der Waals surface area contributed by atoms with Crippen molar-refractivity contribution < 1.29 is 41.8 Å². The second kappa shape index (κ2) is 6.99. The van der Waals surface area contributed by atoms with E-state index in [0.717, 1.165) is 6.07 Å². The molecule has 2 N–H and O–H groups in total. The van der Waals surface area contributed by atoms with Gasteiger partial charge in [0.15, 0.2) is 28.6 Å². The Morgan fingerprint density at radius 2 is 1.70 bits per heavy atom. The van der Waals surface area contributed by atoms with Crippen molar-refractivity contribution in [1.82, 2.24) is 0 Å². The van der Waals surface area contributed by atoms with Crippen molar-refractivity contribution in [2.75, 3.05) is 28.3 Å². The molecule has 2 aromatic carbocycles. The lowest BCUT2D eigenvalue weighted by molar-refractivity contribution is 0.348. The molecule has 0 saturated heterocycles. The standard InChI is InChI=1S/C19H18O8/c1-23-12-7-9(5-6-10(12)20)16-19(26-4)15(22)14-11(21)8-13(24-2)17(25-3)18(14)27-16/h5-8,20-21H,1-4H3/i2D3,3D3. The van der Waals surface area contributed by atoms with E-state index in [1.807, 2.05) is 0 Å². The number of benzene rings is 2. The molecule has 27 heavy (non-hydrogen) atoms. The number of ether oxygens (including phenoxy) is 4. The Labute approximate surface area is 162 Å². The van der Waals surface area contributed by atoms with Gasteiger partial charge in [-0.15, -0.1) is 0 Å². The number of methoxy groups -OCH3 is 4. The van der Waals surface area contributed by atoms with Crippen molar-refractivity contribution in [3.05, 3.63) is 34.5 Å². The highest BCUT2D eigenvalue weighted by atomic mass is 16.5. The monoisotopic (exact) mass is 380 g/mol. The van der Waals surface area contributed by atoms with Gasteiger partial charge < -0.3 is 33.6 Å². The van der Waals surface area contributed by atoms with Crippen LogP contribution in [0.15, 0.2) is 33.5 Å². The van der Waals surface area contributed by atoms with Crippen LogP contribution in [-0.4, -0.2) is 38.5 Å². The van der Waals surface area contributed by atoms with E-state index >= 15 is 0 Å². The first-order valence-corrected chi connectivity index (χ1v) is 7.42. The number of hydrogen-bond acceptors (Lipinski definition) is 8. The van der Waals surface area contributed by atoms with Gasteiger partial charge in [0, 0.05) is 11.6 Å². The third-order valence-corrected chi connectivity index (χ3v) is 3.88. The van der Waals surface area contributed by atoms with Crippen LogP contribution >= 0.6 is 0 Å². The smallest absolute Gasteiger partial charge is 0.239 e. The van der Waals surface area contributed by atoms with Crippen LogP contribution in [0, 0.1) is 0 Å². The first-order valence-electron chi connectivity index (χ1n) is 10.4. The summed E-state index contributed by atoms with van der Waals surface area (Å²) in [4.78, 5) is 13.1. The summed E-state index contributed by atoms with van der Waals surface area (Å²) in [6.07, 6.45) is 0. The minimum absolute atomic E-state index is 0.0265. The van der Waals surface area contributed by atoms with E-state index in [4.69, 9.17) is 31.6 Å². The SMILES string of the molecule is [2H]C([2H])([2H])Oc1cc(O)c2c(=O)c(OC)c(-c3ccc(O)c(OC)c3)oc2c1OC([2H])([2H])[2H]. The highest BCUT2D eigenvalue weighted by Gasteiger charge is 2.25. The van der Waals surface area contributed by atoms with Gasteiger partial charge in [0.2, 0.25) is 16.9 Å². The molecule has 0 unspecified atom stereocenters. The maximum absolute atomic E-state index is 13.1. The van der Waals surface area contributed by atoms with Gasteiger partial charge in [0.1, 0.15) is 11.1 Å². The highest BCUT2D eigenvalue weighted by Crippen LogP contribution is 2.43. The van der Waals surface area contributed by atoms with Gasteiger partial charge in [0.25, 0.3) is 0 Å². The van der Waals surface area contributed by atoms with E-state index in [0.29, 0.717) is 0 Å². The molecule has 0 bridgehead atoms. The summed E-state index contributed by atoms with van der Waals surface area (Å²) in [5.41, 5.74) is -1.34. The predicted molar refractivity (Wildman–Crippen MR) is 97.5 cm³/mol. The van der Waals surface area contributed by atoms with Crippen LogP contribution in [0.1, 0.15) is 8.22 Å². The van der Waals surface area contributed by atoms with Gasteiger partial charge in [-0.2, -0.15) is 0 Å². The molecule has 8 heteroatoms. The first-order chi connectivity index (χ1) is 15.3. The summed E-state index contributed by atoms with van der Waals surface area (Å²) in [5, 5.41) is 19.7. The fourth-order valence-electron chi connectivity index (χ4n) is 2.65. The first kappa shape index (κ1) is 11.9. The summed E-state index contributed by atoms with van der Waals surface area (Å²) in [7, 11) is -3.68. The highest BCUT2D eigenvalue weighted by molar-refractivity contribution is 5.93. The molecule has 3 rings (SSSR count). The minimum atomic E-state index is -3.10. The van der Waals surface area contributed by atoms with Gasteiger partial charge in [-0.3, -0.25) is 4.79 Å². The Balaban J connectivity index is 2.45. The van der Waals surface area contributed by atoms with Crippen molar-refractivity contribution in [3.8, 4) is 45.8 Å². The quantitative estimate of drug-likeness (QED) is 0.696. The molecule has 0 fully saturated rings. The van der Waals surface area contributed by atoms with Gasteiger partial charge in [0.05, 0.1) is 36.5 Å². The van der Waals surface area contributed by atoms with Crippen molar-refractivity contribution in [1.29, 1.82) is 0 Å². The Morgan fingerprint density at radius 1 is 0.926 bits per heavy atom.